The second-order valence-corrected chi connectivity index (χ2v) is 9.21. The van der Waals surface area contributed by atoms with Crippen LogP contribution in [-0.2, 0) is 0 Å². The Labute approximate surface area is 200 Å². The molecule has 2 atom stereocenters. The number of nitrogens with zero attached hydrogens (tertiary/aromatic N) is 3. The Hall–Kier alpha value is -4.52. The van der Waals surface area contributed by atoms with Gasteiger partial charge < -0.3 is 15.3 Å². The van der Waals surface area contributed by atoms with Crippen molar-refractivity contribution in [3.05, 3.63) is 101 Å². The number of benzene rings is 4. The van der Waals surface area contributed by atoms with Gasteiger partial charge in [-0.15, -0.1) is 0 Å². The van der Waals surface area contributed by atoms with Gasteiger partial charge in [-0.2, -0.15) is 0 Å². The molecule has 0 saturated carbocycles. The van der Waals surface area contributed by atoms with E-state index in [1.54, 1.807) is 9.47 Å². The van der Waals surface area contributed by atoms with Gasteiger partial charge in [0, 0.05) is 17.3 Å². The topological polar surface area (TPSA) is 79.5 Å². The summed E-state index contributed by atoms with van der Waals surface area (Å²) in [6.45, 7) is 0.424. The average Bonchev–Trinajstić information content (AvgIpc) is 3.55. The number of imidazole rings is 1. The lowest BCUT2D eigenvalue weighted by molar-refractivity contribution is 0.198. The van der Waals surface area contributed by atoms with Crippen LogP contribution in [0.25, 0.3) is 27.2 Å². The first-order valence-corrected chi connectivity index (χ1v) is 11.7. The van der Waals surface area contributed by atoms with E-state index in [0.29, 0.717) is 24.3 Å². The predicted molar refractivity (Wildman–Crippen MR) is 135 cm³/mol. The van der Waals surface area contributed by atoms with E-state index in [9.17, 15) is 14.7 Å². The maximum absolute atomic E-state index is 13.5. The van der Waals surface area contributed by atoms with Crippen molar-refractivity contribution >= 4 is 33.3 Å². The number of anilines is 1. The van der Waals surface area contributed by atoms with Gasteiger partial charge in [0.25, 0.3) is 0 Å². The van der Waals surface area contributed by atoms with E-state index in [0.717, 1.165) is 27.2 Å². The number of carbonyl (C=O) groups excluding carboxylic acids is 1. The number of hydrogen-bond acceptors (Lipinski definition) is 3. The number of fused-ring (bicyclic) bond motifs is 7. The average molecular weight is 463 g/mol. The fourth-order valence-corrected chi connectivity index (χ4v) is 5.81. The highest BCUT2D eigenvalue weighted by Crippen LogP contribution is 2.49. The van der Waals surface area contributed by atoms with Gasteiger partial charge in [-0.25, -0.2) is 14.2 Å². The second-order valence-electron chi connectivity index (χ2n) is 9.21. The standard InChI is InChI=1S/C28H22N4O3/c33-26-25-24-15-19(16-30(24)27(34)29-22-13-5-9-17-7-1-3-11-20(17)22)31(25)28(35)32(26)23-14-6-10-18-8-2-4-12-21(18)23/h1-14,19,24,33H,15-16H2,(H,29,34). The van der Waals surface area contributed by atoms with Crippen LogP contribution in [0, 0.1) is 0 Å². The summed E-state index contributed by atoms with van der Waals surface area (Å²) in [4.78, 5) is 28.6. The maximum Gasteiger partial charge on any atom is 0.336 e. The Morgan fingerprint density at radius 2 is 1.51 bits per heavy atom. The van der Waals surface area contributed by atoms with Crippen LogP contribution in [0.1, 0.15) is 24.2 Å². The van der Waals surface area contributed by atoms with E-state index in [2.05, 4.69) is 5.32 Å². The predicted octanol–water partition coefficient (Wildman–Crippen LogP) is 5.18. The highest BCUT2D eigenvalue weighted by Gasteiger charge is 2.49. The number of nitrogens with one attached hydrogen (secondary N) is 1. The van der Waals surface area contributed by atoms with Gasteiger partial charge in [-0.05, 0) is 29.3 Å². The number of hydrogen-bond donors (Lipinski definition) is 2. The van der Waals surface area contributed by atoms with E-state index in [4.69, 9.17) is 0 Å². The molecule has 5 aromatic rings. The van der Waals surface area contributed by atoms with Gasteiger partial charge >= 0.3 is 11.7 Å². The summed E-state index contributed by atoms with van der Waals surface area (Å²) >= 11 is 0. The van der Waals surface area contributed by atoms with Crippen molar-refractivity contribution in [3.8, 4) is 11.6 Å². The van der Waals surface area contributed by atoms with Gasteiger partial charge in [0.1, 0.15) is 5.69 Å². The van der Waals surface area contributed by atoms with Crippen LogP contribution in [0.5, 0.6) is 5.88 Å². The van der Waals surface area contributed by atoms with Crippen molar-refractivity contribution in [2.75, 3.05) is 11.9 Å². The summed E-state index contributed by atoms with van der Waals surface area (Å²) in [5.41, 5.74) is 1.62. The number of likely N-dealkylation sites (tertiary alicyclic amines) is 1. The van der Waals surface area contributed by atoms with Crippen molar-refractivity contribution in [2.45, 2.75) is 18.5 Å². The third-order valence-corrected chi connectivity index (χ3v) is 7.36. The quantitative estimate of drug-likeness (QED) is 0.379. The molecule has 7 heteroatoms. The lowest BCUT2D eigenvalue weighted by Gasteiger charge is -2.28. The fraction of sp³-hybridized carbons (Fsp3) is 0.143. The molecule has 2 N–H and O–H groups in total. The Bertz CT molecular complexity index is 1710. The van der Waals surface area contributed by atoms with E-state index in [-0.39, 0.29) is 29.7 Å². The van der Waals surface area contributed by atoms with Crippen molar-refractivity contribution in [1.82, 2.24) is 14.0 Å². The van der Waals surface area contributed by atoms with E-state index in [1.165, 1.54) is 4.57 Å². The first-order valence-electron chi connectivity index (χ1n) is 11.7. The first kappa shape index (κ1) is 19.9. The Morgan fingerprint density at radius 3 is 2.31 bits per heavy atom. The van der Waals surface area contributed by atoms with Gasteiger partial charge in [0.2, 0.25) is 5.88 Å². The number of amides is 2. The molecule has 2 bridgehead atoms. The number of aromatic nitrogens is 2. The minimum absolute atomic E-state index is 0.0958. The van der Waals surface area contributed by atoms with E-state index < -0.39 is 0 Å². The van der Waals surface area contributed by atoms with Crippen molar-refractivity contribution in [3.63, 3.8) is 0 Å². The van der Waals surface area contributed by atoms with Gasteiger partial charge in [0.15, 0.2) is 0 Å². The van der Waals surface area contributed by atoms with Crippen LogP contribution in [-0.4, -0.2) is 31.7 Å². The molecule has 35 heavy (non-hydrogen) atoms. The Morgan fingerprint density at radius 1 is 0.857 bits per heavy atom. The minimum Gasteiger partial charge on any atom is -0.493 e. The molecule has 1 aromatic heterocycles. The molecule has 2 amide bonds. The molecular formula is C28H22N4O3. The molecule has 0 spiro atoms. The highest BCUT2D eigenvalue weighted by atomic mass is 16.3. The molecule has 7 nitrogen and oxygen atoms in total. The lowest BCUT2D eigenvalue weighted by Crippen LogP contribution is -2.40. The molecule has 2 aliphatic heterocycles. The third kappa shape index (κ3) is 2.78. The second kappa shape index (κ2) is 7.24. The lowest BCUT2D eigenvalue weighted by atomic mass is 10.1. The summed E-state index contributed by atoms with van der Waals surface area (Å²) in [5.74, 6) is -0.0958. The summed E-state index contributed by atoms with van der Waals surface area (Å²) in [6.07, 6.45) is 0.622. The largest absolute Gasteiger partial charge is 0.493 e. The summed E-state index contributed by atoms with van der Waals surface area (Å²) in [6, 6.07) is 26.4. The minimum atomic E-state index is -0.362. The van der Waals surface area contributed by atoms with Crippen molar-refractivity contribution in [1.29, 1.82) is 0 Å². The monoisotopic (exact) mass is 462 g/mol. The number of rotatable bonds is 2. The Balaban J connectivity index is 1.27. The van der Waals surface area contributed by atoms with Gasteiger partial charge in [-0.3, -0.25) is 4.57 Å². The molecule has 2 unspecified atom stereocenters. The summed E-state index contributed by atoms with van der Waals surface area (Å²) in [7, 11) is 0. The van der Waals surface area contributed by atoms with Gasteiger partial charge in [-0.1, -0.05) is 72.8 Å². The molecule has 0 aliphatic carbocycles. The van der Waals surface area contributed by atoms with Gasteiger partial charge in [0.05, 0.1) is 23.5 Å². The number of urea groups is 1. The maximum atomic E-state index is 13.5. The molecule has 1 fully saturated rings. The zero-order chi connectivity index (χ0) is 23.7. The van der Waals surface area contributed by atoms with E-state index in [1.807, 2.05) is 84.9 Å². The fourth-order valence-electron chi connectivity index (χ4n) is 5.81. The zero-order valence-electron chi connectivity index (χ0n) is 18.8. The van der Waals surface area contributed by atoms with Crippen molar-refractivity contribution in [2.24, 2.45) is 0 Å². The molecule has 7 rings (SSSR count). The van der Waals surface area contributed by atoms with Crippen LogP contribution in [0.15, 0.2) is 89.7 Å². The van der Waals surface area contributed by atoms with Crippen LogP contribution in [0.3, 0.4) is 0 Å². The van der Waals surface area contributed by atoms with Crippen molar-refractivity contribution < 1.29 is 9.90 Å². The summed E-state index contributed by atoms with van der Waals surface area (Å²) in [5, 5.41) is 18.2. The molecular weight excluding hydrogens is 440 g/mol. The molecule has 1 saturated heterocycles. The number of carbonyl (C=O) groups is 1. The molecule has 2 aliphatic rings. The molecule has 172 valence electrons. The normalized spacial score (nSPS) is 18.3. The third-order valence-electron chi connectivity index (χ3n) is 7.36. The SMILES string of the molecule is O=C(Nc1cccc2ccccc12)N1CC2CC1c1c(O)n(-c3cccc4ccccc34)c(=O)n12. The van der Waals surface area contributed by atoms with Crippen LogP contribution >= 0.6 is 0 Å². The zero-order valence-corrected chi connectivity index (χ0v) is 18.8. The van der Waals surface area contributed by atoms with Crippen LogP contribution < -0.4 is 11.0 Å². The van der Waals surface area contributed by atoms with Crippen LogP contribution in [0.4, 0.5) is 10.5 Å². The van der Waals surface area contributed by atoms with E-state index >= 15 is 0 Å². The first-order chi connectivity index (χ1) is 17.1. The Kier molecular flexibility index (Phi) is 4.12. The number of aromatic hydroxyl groups is 1. The smallest absolute Gasteiger partial charge is 0.336 e. The molecule has 0 radical (unpaired) electrons. The molecule has 4 aromatic carbocycles. The molecule has 3 heterocycles. The van der Waals surface area contributed by atoms with Crippen LogP contribution in [0.2, 0.25) is 0 Å². The highest BCUT2D eigenvalue weighted by molar-refractivity contribution is 6.01. The summed E-state index contributed by atoms with van der Waals surface area (Å²) < 4.78 is 3.05.